The molecule has 3 aromatic carbocycles. The van der Waals surface area contributed by atoms with Gasteiger partial charge in [-0.25, -0.2) is 4.68 Å². The van der Waals surface area contributed by atoms with E-state index in [1.807, 2.05) is 72.8 Å². The summed E-state index contributed by atoms with van der Waals surface area (Å²) in [5.41, 5.74) is 3.25. The van der Waals surface area contributed by atoms with E-state index in [0.717, 1.165) is 16.5 Å². The summed E-state index contributed by atoms with van der Waals surface area (Å²) in [7, 11) is 1.61. The zero-order chi connectivity index (χ0) is 19.5. The van der Waals surface area contributed by atoms with Crippen molar-refractivity contribution in [2.75, 3.05) is 0 Å². The fourth-order valence-corrected chi connectivity index (χ4v) is 3.22. The first kappa shape index (κ1) is 17.7. The molecule has 0 fully saturated rings. The highest BCUT2D eigenvalue weighted by molar-refractivity contribution is 5.95. The number of carbonyl (C=O) groups excluding carboxylic acids is 1. The number of benzene rings is 3. The number of nitrogens with zero attached hydrogens (tertiary/aromatic N) is 2. The van der Waals surface area contributed by atoms with Crippen molar-refractivity contribution in [3.8, 4) is 11.1 Å². The van der Waals surface area contributed by atoms with Crippen LogP contribution in [0.2, 0.25) is 0 Å². The van der Waals surface area contributed by atoms with Gasteiger partial charge < -0.3 is 5.32 Å². The van der Waals surface area contributed by atoms with Crippen LogP contribution in [0, 0.1) is 0 Å². The lowest BCUT2D eigenvalue weighted by Gasteiger charge is -2.10. The highest BCUT2D eigenvalue weighted by atomic mass is 16.1. The number of aromatic nitrogens is 2. The molecular formula is C23H19N3O2. The molecule has 4 aromatic rings. The first-order valence-electron chi connectivity index (χ1n) is 9.02. The van der Waals surface area contributed by atoms with Crippen LogP contribution in [-0.4, -0.2) is 15.7 Å². The molecule has 138 valence electrons. The Hall–Kier alpha value is -3.73. The first-order chi connectivity index (χ1) is 13.6. The Labute approximate surface area is 162 Å². The highest BCUT2D eigenvalue weighted by Gasteiger charge is 2.11. The van der Waals surface area contributed by atoms with E-state index in [0.29, 0.717) is 16.6 Å². The van der Waals surface area contributed by atoms with Gasteiger partial charge in [0.15, 0.2) is 0 Å². The second-order valence-electron chi connectivity index (χ2n) is 6.55. The van der Waals surface area contributed by atoms with Gasteiger partial charge in [0.05, 0.1) is 17.6 Å². The van der Waals surface area contributed by atoms with Crippen LogP contribution in [0.15, 0.2) is 83.7 Å². The summed E-state index contributed by atoms with van der Waals surface area (Å²) >= 11 is 0. The summed E-state index contributed by atoms with van der Waals surface area (Å²) in [6, 6.07) is 24.8. The molecule has 5 heteroatoms. The molecule has 0 aliphatic heterocycles. The molecule has 0 aliphatic carbocycles. The van der Waals surface area contributed by atoms with Gasteiger partial charge in [-0.2, -0.15) is 5.10 Å². The molecule has 0 bridgehead atoms. The quantitative estimate of drug-likeness (QED) is 0.599. The van der Waals surface area contributed by atoms with Crippen molar-refractivity contribution in [1.29, 1.82) is 0 Å². The van der Waals surface area contributed by atoms with Gasteiger partial charge in [0.25, 0.3) is 11.5 Å². The zero-order valence-corrected chi connectivity index (χ0v) is 15.4. The third-order valence-electron chi connectivity index (χ3n) is 4.70. The average Bonchev–Trinajstić information content (AvgIpc) is 2.76. The summed E-state index contributed by atoms with van der Waals surface area (Å²) in [6.07, 6.45) is 0. The number of carbonyl (C=O) groups is 1. The minimum absolute atomic E-state index is 0.151. The lowest BCUT2D eigenvalue weighted by atomic mass is 10.0. The predicted octanol–water partition coefficient (Wildman–Crippen LogP) is 3.53. The van der Waals surface area contributed by atoms with E-state index in [9.17, 15) is 9.59 Å². The first-order valence-corrected chi connectivity index (χ1v) is 9.02. The predicted molar refractivity (Wildman–Crippen MR) is 110 cm³/mol. The molecule has 4 rings (SSSR count). The van der Waals surface area contributed by atoms with E-state index >= 15 is 0 Å². The fourth-order valence-electron chi connectivity index (χ4n) is 3.22. The van der Waals surface area contributed by atoms with Crippen LogP contribution in [0.3, 0.4) is 0 Å². The Balaban J connectivity index is 1.53. The second kappa shape index (κ2) is 7.48. The molecule has 0 aliphatic rings. The highest BCUT2D eigenvalue weighted by Crippen LogP contribution is 2.19. The largest absolute Gasteiger partial charge is 0.346 e. The van der Waals surface area contributed by atoms with Crippen molar-refractivity contribution in [1.82, 2.24) is 15.1 Å². The van der Waals surface area contributed by atoms with Gasteiger partial charge in [-0.15, -0.1) is 0 Å². The summed E-state index contributed by atoms with van der Waals surface area (Å²) in [6.45, 7) is 0.244. The smallest absolute Gasteiger partial charge is 0.274 e. The SMILES string of the molecule is Cn1nc(CNC(=O)c2ccc(-c3ccccc3)cc2)c2ccccc2c1=O. The lowest BCUT2D eigenvalue weighted by molar-refractivity contribution is 0.0950. The minimum atomic E-state index is -0.181. The second-order valence-corrected chi connectivity index (χ2v) is 6.55. The number of hydrogen-bond donors (Lipinski definition) is 1. The Morgan fingerprint density at radius 2 is 1.46 bits per heavy atom. The van der Waals surface area contributed by atoms with E-state index in [1.54, 1.807) is 13.1 Å². The fraction of sp³-hybridized carbons (Fsp3) is 0.0870. The summed E-state index contributed by atoms with van der Waals surface area (Å²) in [4.78, 5) is 24.7. The number of fused-ring (bicyclic) bond motifs is 1. The van der Waals surface area contributed by atoms with Crippen LogP contribution in [0.4, 0.5) is 0 Å². The zero-order valence-electron chi connectivity index (χ0n) is 15.4. The number of rotatable bonds is 4. The van der Waals surface area contributed by atoms with E-state index in [1.165, 1.54) is 4.68 Å². The van der Waals surface area contributed by atoms with Gasteiger partial charge in [0.1, 0.15) is 0 Å². The molecule has 1 heterocycles. The Morgan fingerprint density at radius 3 is 2.18 bits per heavy atom. The third-order valence-corrected chi connectivity index (χ3v) is 4.70. The molecule has 1 aromatic heterocycles. The molecular weight excluding hydrogens is 350 g/mol. The Bertz CT molecular complexity index is 1200. The summed E-state index contributed by atoms with van der Waals surface area (Å²) in [5, 5.41) is 8.56. The standard InChI is InChI=1S/C23H19N3O2/c1-26-23(28)20-10-6-5-9-19(20)21(25-26)15-24-22(27)18-13-11-17(12-14-18)16-7-3-2-4-8-16/h2-14H,15H2,1H3,(H,24,27). The maximum absolute atomic E-state index is 12.5. The normalized spacial score (nSPS) is 10.8. The van der Waals surface area contributed by atoms with E-state index in [-0.39, 0.29) is 18.0 Å². The molecule has 0 saturated carbocycles. The molecule has 0 atom stereocenters. The van der Waals surface area contributed by atoms with Crippen LogP contribution in [-0.2, 0) is 13.6 Å². The Kier molecular flexibility index (Phi) is 4.72. The number of aryl methyl sites for hydroxylation is 1. The van der Waals surface area contributed by atoms with Gasteiger partial charge in [0, 0.05) is 18.0 Å². The van der Waals surface area contributed by atoms with Gasteiger partial charge in [-0.1, -0.05) is 60.7 Å². The average molecular weight is 369 g/mol. The summed E-state index contributed by atoms with van der Waals surface area (Å²) < 4.78 is 1.30. The van der Waals surface area contributed by atoms with Crippen molar-refractivity contribution in [2.24, 2.45) is 7.05 Å². The maximum Gasteiger partial charge on any atom is 0.274 e. The molecule has 0 spiro atoms. The van der Waals surface area contributed by atoms with E-state index < -0.39 is 0 Å². The Morgan fingerprint density at radius 1 is 0.857 bits per heavy atom. The van der Waals surface area contributed by atoms with Crippen molar-refractivity contribution in [3.63, 3.8) is 0 Å². The molecule has 1 amide bonds. The van der Waals surface area contributed by atoms with Gasteiger partial charge in [-0.3, -0.25) is 9.59 Å². The van der Waals surface area contributed by atoms with Crippen molar-refractivity contribution in [2.45, 2.75) is 6.54 Å². The van der Waals surface area contributed by atoms with Crippen LogP contribution in [0.25, 0.3) is 21.9 Å². The molecule has 0 saturated heterocycles. The topological polar surface area (TPSA) is 64.0 Å². The van der Waals surface area contributed by atoms with Crippen LogP contribution in [0.5, 0.6) is 0 Å². The van der Waals surface area contributed by atoms with Gasteiger partial charge in [-0.05, 0) is 29.3 Å². The van der Waals surface area contributed by atoms with Crippen LogP contribution in [0.1, 0.15) is 16.1 Å². The van der Waals surface area contributed by atoms with Crippen molar-refractivity contribution in [3.05, 3.63) is 100 Å². The minimum Gasteiger partial charge on any atom is -0.346 e. The number of amides is 1. The number of hydrogen-bond acceptors (Lipinski definition) is 3. The maximum atomic E-state index is 12.5. The lowest BCUT2D eigenvalue weighted by Crippen LogP contribution is -2.27. The third kappa shape index (κ3) is 3.42. The molecule has 0 radical (unpaired) electrons. The van der Waals surface area contributed by atoms with Crippen molar-refractivity contribution < 1.29 is 4.79 Å². The summed E-state index contributed by atoms with van der Waals surface area (Å²) in [5.74, 6) is -0.181. The van der Waals surface area contributed by atoms with Crippen LogP contribution >= 0.6 is 0 Å². The van der Waals surface area contributed by atoms with Gasteiger partial charge in [0.2, 0.25) is 0 Å². The number of nitrogens with one attached hydrogen (secondary N) is 1. The van der Waals surface area contributed by atoms with E-state index in [4.69, 9.17) is 0 Å². The molecule has 28 heavy (non-hydrogen) atoms. The van der Waals surface area contributed by atoms with Crippen LogP contribution < -0.4 is 10.9 Å². The molecule has 5 nitrogen and oxygen atoms in total. The molecule has 0 unspecified atom stereocenters. The molecule has 1 N–H and O–H groups in total. The van der Waals surface area contributed by atoms with Gasteiger partial charge >= 0.3 is 0 Å². The monoisotopic (exact) mass is 369 g/mol. The van der Waals surface area contributed by atoms with E-state index in [2.05, 4.69) is 10.4 Å². The van der Waals surface area contributed by atoms with Crippen molar-refractivity contribution >= 4 is 16.7 Å².